The van der Waals surface area contributed by atoms with Gasteiger partial charge in [0.25, 0.3) is 5.91 Å². The third kappa shape index (κ3) is 2.81. The summed E-state index contributed by atoms with van der Waals surface area (Å²) in [5.74, 6) is -1.32. The molecule has 1 saturated carbocycles. The average Bonchev–Trinajstić information content (AvgIpc) is 2.60. The van der Waals surface area contributed by atoms with Crippen LogP contribution in [0.25, 0.3) is 0 Å². The molecule has 2 aliphatic rings. The predicted octanol–water partition coefficient (Wildman–Crippen LogP) is -0.306. The molecular weight excluding hydrogens is 250 g/mol. The molecule has 2 rings (SSSR count). The molecule has 6 nitrogen and oxygen atoms in total. The number of aliphatic hydroxyl groups excluding tert-OH is 1. The minimum absolute atomic E-state index is 0.0589. The first-order valence-corrected chi connectivity index (χ1v) is 6.43. The quantitative estimate of drug-likeness (QED) is 0.613. The summed E-state index contributed by atoms with van der Waals surface area (Å²) in [5.41, 5.74) is -1.63. The molecule has 2 fully saturated rings. The van der Waals surface area contributed by atoms with Crippen LogP contribution in [0.2, 0.25) is 0 Å². The van der Waals surface area contributed by atoms with E-state index in [1.807, 2.05) is 0 Å². The maximum atomic E-state index is 12.0. The van der Waals surface area contributed by atoms with Gasteiger partial charge in [-0.15, -0.1) is 6.58 Å². The van der Waals surface area contributed by atoms with Crippen LogP contribution in [0.1, 0.15) is 26.7 Å². The van der Waals surface area contributed by atoms with Crippen LogP contribution in [-0.4, -0.2) is 52.4 Å². The molecule has 0 spiro atoms. The fourth-order valence-corrected chi connectivity index (χ4v) is 2.74. The minimum atomic E-state index is -1.63. The van der Waals surface area contributed by atoms with E-state index in [-0.39, 0.29) is 19.4 Å². The number of carbonyl (C=O) groups is 1. The first-order valence-electron chi connectivity index (χ1n) is 6.43. The number of carbonyl (C=O) groups excluding carboxylic acids is 1. The molecule has 0 radical (unpaired) electrons. The smallest absolute Gasteiger partial charge is 0.252 e. The zero-order valence-corrected chi connectivity index (χ0v) is 11.3. The Hall–Kier alpha value is -0.950. The number of aliphatic hydroxyl groups is 2. The summed E-state index contributed by atoms with van der Waals surface area (Å²) < 4.78 is 11.2. The van der Waals surface area contributed by atoms with Crippen LogP contribution in [0.5, 0.6) is 0 Å². The lowest BCUT2D eigenvalue weighted by Gasteiger charge is -2.38. The monoisotopic (exact) mass is 271 g/mol. The fourth-order valence-electron chi connectivity index (χ4n) is 2.74. The van der Waals surface area contributed by atoms with Gasteiger partial charge in [-0.1, -0.05) is 6.08 Å². The molecule has 0 aromatic carbocycles. The molecule has 108 valence electrons. The summed E-state index contributed by atoms with van der Waals surface area (Å²) in [6.07, 6.45) is -0.333. The summed E-state index contributed by atoms with van der Waals surface area (Å²) in [7, 11) is 0. The predicted molar refractivity (Wildman–Crippen MR) is 67.2 cm³/mol. The average molecular weight is 271 g/mol. The molecule has 0 bridgehead atoms. The maximum Gasteiger partial charge on any atom is 0.252 e. The van der Waals surface area contributed by atoms with E-state index in [0.717, 1.165) is 0 Å². The second-order valence-electron chi connectivity index (χ2n) is 5.64. The minimum Gasteiger partial charge on any atom is -0.390 e. The Labute approximate surface area is 112 Å². The highest BCUT2D eigenvalue weighted by atomic mass is 16.8. The first-order chi connectivity index (χ1) is 8.77. The standard InChI is InChI=1S/C13H21NO5/c1-4-5-14-11(16)13(17)6-8(15)10-9(7-13)18-12(2,3)19-10/h4,8-10,15,17H,1,5-7H2,2-3H3,(H,14,16)/t8?,9-,10+,13-/m1/s1. The molecule has 1 heterocycles. The Bertz CT molecular complexity index is 383. The highest BCUT2D eigenvalue weighted by Gasteiger charge is 2.55. The molecule has 1 amide bonds. The van der Waals surface area contributed by atoms with Crippen LogP contribution in [0.4, 0.5) is 0 Å². The van der Waals surface area contributed by atoms with Gasteiger partial charge in [0.1, 0.15) is 11.7 Å². The van der Waals surface area contributed by atoms with E-state index >= 15 is 0 Å². The summed E-state index contributed by atoms with van der Waals surface area (Å²) in [4.78, 5) is 12.0. The summed E-state index contributed by atoms with van der Waals surface area (Å²) in [5, 5.41) is 23.0. The van der Waals surface area contributed by atoms with E-state index in [0.29, 0.717) is 0 Å². The molecule has 3 N–H and O–H groups in total. The highest BCUT2D eigenvalue weighted by Crippen LogP contribution is 2.40. The van der Waals surface area contributed by atoms with E-state index in [4.69, 9.17) is 9.47 Å². The summed E-state index contributed by atoms with van der Waals surface area (Å²) in [6.45, 7) is 7.26. The number of hydrogen-bond acceptors (Lipinski definition) is 5. The Balaban J connectivity index is 2.10. The van der Waals surface area contributed by atoms with Gasteiger partial charge in [0, 0.05) is 19.4 Å². The molecule has 4 atom stereocenters. The number of hydrogen-bond donors (Lipinski definition) is 3. The van der Waals surface area contributed by atoms with Gasteiger partial charge < -0.3 is 25.0 Å². The third-order valence-corrected chi connectivity index (χ3v) is 3.52. The van der Waals surface area contributed by atoms with Gasteiger partial charge >= 0.3 is 0 Å². The SMILES string of the molecule is C=CCNC(=O)[C@@]1(O)CC(O)[C@@H]2OC(C)(C)O[C@@H]2C1. The van der Waals surface area contributed by atoms with Crippen molar-refractivity contribution in [2.45, 2.75) is 56.4 Å². The number of rotatable bonds is 3. The van der Waals surface area contributed by atoms with E-state index in [1.54, 1.807) is 13.8 Å². The summed E-state index contributed by atoms with van der Waals surface area (Å²) >= 11 is 0. The zero-order valence-electron chi connectivity index (χ0n) is 11.3. The van der Waals surface area contributed by atoms with Crippen LogP contribution in [0, 0.1) is 0 Å². The van der Waals surface area contributed by atoms with Crippen molar-refractivity contribution in [3.63, 3.8) is 0 Å². The molecule has 1 saturated heterocycles. The molecule has 0 aromatic heterocycles. The van der Waals surface area contributed by atoms with Crippen molar-refractivity contribution in [1.82, 2.24) is 5.32 Å². The molecule has 0 aromatic rings. The van der Waals surface area contributed by atoms with Gasteiger partial charge in [0.2, 0.25) is 0 Å². The zero-order chi connectivity index (χ0) is 14.3. The Morgan fingerprint density at radius 2 is 2.16 bits per heavy atom. The molecule has 1 unspecified atom stereocenters. The van der Waals surface area contributed by atoms with Crippen LogP contribution in [0.15, 0.2) is 12.7 Å². The van der Waals surface area contributed by atoms with Crippen molar-refractivity contribution in [3.8, 4) is 0 Å². The van der Waals surface area contributed by atoms with Crippen LogP contribution < -0.4 is 5.32 Å². The number of amides is 1. The lowest BCUT2D eigenvalue weighted by Crippen LogP contribution is -2.58. The molecule has 1 aliphatic heterocycles. The molecule has 6 heteroatoms. The van der Waals surface area contributed by atoms with Crippen LogP contribution in [-0.2, 0) is 14.3 Å². The van der Waals surface area contributed by atoms with E-state index in [2.05, 4.69) is 11.9 Å². The second-order valence-corrected chi connectivity index (χ2v) is 5.64. The topological polar surface area (TPSA) is 88.0 Å². The summed E-state index contributed by atoms with van der Waals surface area (Å²) in [6, 6.07) is 0. The first kappa shape index (κ1) is 14.5. The second kappa shape index (κ2) is 4.86. The van der Waals surface area contributed by atoms with Gasteiger partial charge in [-0.05, 0) is 13.8 Å². The lowest BCUT2D eigenvalue weighted by atomic mass is 9.79. The third-order valence-electron chi connectivity index (χ3n) is 3.52. The van der Waals surface area contributed by atoms with E-state index in [9.17, 15) is 15.0 Å². The van der Waals surface area contributed by atoms with Crippen molar-refractivity contribution in [3.05, 3.63) is 12.7 Å². The van der Waals surface area contributed by atoms with Crippen molar-refractivity contribution in [1.29, 1.82) is 0 Å². The highest BCUT2D eigenvalue weighted by molar-refractivity contribution is 5.85. The van der Waals surface area contributed by atoms with Crippen LogP contribution in [0.3, 0.4) is 0 Å². The maximum absolute atomic E-state index is 12.0. The molecule has 19 heavy (non-hydrogen) atoms. The Kier molecular flexibility index (Phi) is 3.70. The van der Waals surface area contributed by atoms with Crippen molar-refractivity contribution in [2.75, 3.05) is 6.54 Å². The normalized spacial score (nSPS) is 40.5. The molecule has 1 aliphatic carbocycles. The van der Waals surface area contributed by atoms with Gasteiger partial charge in [0.05, 0.1) is 12.2 Å². The number of ether oxygens (including phenoxy) is 2. The Morgan fingerprint density at radius 1 is 1.47 bits per heavy atom. The number of nitrogens with one attached hydrogen (secondary N) is 1. The van der Waals surface area contributed by atoms with Gasteiger partial charge in [-0.3, -0.25) is 4.79 Å². The van der Waals surface area contributed by atoms with Crippen molar-refractivity contribution >= 4 is 5.91 Å². The van der Waals surface area contributed by atoms with Gasteiger partial charge in [0.15, 0.2) is 5.79 Å². The fraction of sp³-hybridized carbons (Fsp3) is 0.769. The lowest BCUT2D eigenvalue weighted by molar-refractivity contribution is -0.158. The Morgan fingerprint density at radius 3 is 2.79 bits per heavy atom. The largest absolute Gasteiger partial charge is 0.390 e. The van der Waals surface area contributed by atoms with Crippen molar-refractivity contribution < 1.29 is 24.5 Å². The van der Waals surface area contributed by atoms with Gasteiger partial charge in [-0.25, -0.2) is 0 Å². The van der Waals surface area contributed by atoms with E-state index < -0.39 is 35.6 Å². The number of fused-ring (bicyclic) bond motifs is 1. The van der Waals surface area contributed by atoms with Gasteiger partial charge in [-0.2, -0.15) is 0 Å². The van der Waals surface area contributed by atoms with Crippen molar-refractivity contribution in [2.24, 2.45) is 0 Å². The van der Waals surface area contributed by atoms with Crippen LogP contribution >= 0.6 is 0 Å². The molecular formula is C13H21NO5. The van der Waals surface area contributed by atoms with E-state index in [1.165, 1.54) is 6.08 Å².